The quantitative estimate of drug-likeness (QED) is 0.188. The zero-order valence-electron chi connectivity index (χ0n) is 20.1. The summed E-state index contributed by atoms with van der Waals surface area (Å²) >= 11 is 3.09. The first-order valence-corrected chi connectivity index (χ1v) is 13.8. The minimum Gasteiger partial charge on any atom is -0.508 e. The van der Waals surface area contributed by atoms with E-state index in [1.54, 1.807) is 47.4 Å². The average Bonchev–Trinajstić information content (AvgIpc) is 3.59. The predicted octanol–water partition coefficient (Wildman–Crippen LogP) is 5.48. The van der Waals surface area contributed by atoms with Gasteiger partial charge in [0.05, 0.1) is 15.7 Å². The summed E-state index contributed by atoms with van der Waals surface area (Å²) in [5, 5.41) is 28.7. The molecular weight excluding hydrogens is 518 g/mol. The molecule has 11 heteroatoms. The molecule has 0 fully saturated rings. The monoisotopic (exact) mass is 541 g/mol. The van der Waals surface area contributed by atoms with E-state index in [9.17, 15) is 10.2 Å². The van der Waals surface area contributed by atoms with E-state index >= 15 is 0 Å². The van der Waals surface area contributed by atoms with E-state index in [-0.39, 0.29) is 11.5 Å². The molecule has 0 saturated heterocycles. The van der Waals surface area contributed by atoms with Crippen molar-refractivity contribution >= 4 is 54.9 Å². The number of fused-ring (bicyclic) bond motifs is 2. The molecule has 6 aromatic rings. The Morgan fingerprint density at radius 2 is 1.42 bits per heavy atom. The number of thiophene rings is 1. The number of aromatic nitrogens is 5. The van der Waals surface area contributed by atoms with Gasteiger partial charge in [0.15, 0.2) is 5.65 Å². The highest BCUT2D eigenvalue weighted by atomic mass is 32.1. The van der Waals surface area contributed by atoms with E-state index in [1.165, 1.54) is 17.7 Å². The van der Waals surface area contributed by atoms with Gasteiger partial charge in [-0.2, -0.15) is 0 Å². The van der Waals surface area contributed by atoms with Crippen LogP contribution in [0, 0.1) is 0 Å². The van der Waals surface area contributed by atoms with Gasteiger partial charge in [-0.3, -0.25) is 0 Å². The molecule has 0 aliphatic rings. The van der Waals surface area contributed by atoms with E-state index in [4.69, 9.17) is 0 Å². The number of rotatable bonds is 9. The second-order valence-corrected chi connectivity index (χ2v) is 10.4. The van der Waals surface area contributed by atoms with Crippen LogP contribution in [0.4, 0.5) is 11.6 Å². The molecular formula is C27H23N7O2S2. The summed E-state index contributed by atoms with van der Waals surface area (Å²) in [6, 6.07) is 12.7. The molecule has 4 heterocycles. The Labute approximate surface area is 225 Å². The number of thiazole rings is 1. The van der Waals surface area contributed by atoms with Crippen molar-refractivity contribution in [1.82, 2.24) is 24.9 Å². The maximum absolute atomic E-state index is 10.3. The van der Waals surface area contributed by atoms with Gasteiger partial charge in [-0.05, 0) is 53.8 Å². The largest absolute Gasteiger partial charge is 0.508 e. The number of hydrogen-bond donors (Lipinski definition) is 4. The Hall–Kier alpha value is -4.35. The van der Waals surface area contributed by atoms with E-state index in [0.717, 1.165) is 61.6 Å². The van der Waals surface area contributed by atoms with Crippen LogP contribution in [0.5, 0.6) is 11.5 Å². The van der Waals surface area contributed by atoms with Crippen LogP contribution in [0.3, 0.4) is 0 Å². The molecule has 0 bridgehead atoms. The fourth-order valence-electron chi connectivity index (χ4n) is 4.32. The molecule has 0 radical (unpaired) electrons. The molecule has 9 nitrogen and oxygen atoms in total. The summed E-state index contributed by atoms with van der Waals surface area (Å²) in [6.07, 6.45) is 4.61. The maximum atomic E-state index is 10.3. The molecule has 0 aliphatic heterocycles. The number of phenolic OH excluding ortho intramolecular Hbond substituents is 2. The van der Waals surface area contributed by atoms with E-state index in [2.05, 4.69) is 40.9 Å². The molecule has 0 aliphatic carbocycles. The van der Waals surface area contributed by atoms with Crippen LogP contribution in [-0.4, -0.2) is 48.2 Å². The highest BCUT2D eigenvalue weighted by molar-refractivity contribution is 7.18. The Bertz CT molecular complexity index is 1720. The van der Waals surface area contributed by atoms with Crippen molar-refractivity contribution in [2.75, 3.05) is 23.7 Å². The Kier molecular flexibility index (Phi) is 6.67. The molecule has 2 aromatic carbocycles. The first-order chi connectivity index (χ1) is 18.7. The van der Waals surface area contributed by atoms with E-state index in [0.29, 0.717) is 18.7 Å². The van der Waals surface area contributed by atoms with Gasteiger partial charge in [-0.15, -0.1) is 22.7 Å². The highest BCUT2D eigenvalue weighted by Crippen LogP contribution is 2.38. The number of hydrogen-bond acceptors (Lipinski definition) is 11. The smallest absolute Gasteiger partial charge is 0.175 e. The van der Waals surface area contributed by atoms with Crippen LogP contribution in [-0.2, 0) is 12.8 Å². The van der Waals surface area contributed by atoms with Crippen molar-refractivity contribution in [2.45, 2.75) is 12.8 Å². The van der Waals surface area contributed by atoms with Crippen molar-refractivity contribution in [3.63, 3.8) is 0 Å². The molecule has 4 aromatic heterocycles. The standard InChI is InChI=1S/C27H23N7O2S2/c35-18-4-1-16(2-5-18)7-9-28-25-23-22(30-13-31-25)21(12-37-23)20-11-19(36)6-3-17(20)8-10-29-26-24-27(33-14-32-26)34-15-38-24/h1-6,11-15,35-36H,7-10H2,(H,28,30,31)(H,29,32,33). The second-order valence-electron chi connectivity index (χ2n) is 8.64. The lowest BCUT2D eigenvalue weighted by Crippen LogP contribution is -2.07. The molecule has 190 valence electrons. The van der Waals surface area contributed by atoms with Crippen molar-refractivity contribution < 1.29 is 10.2 Å². The Morgan fingerprint density at radius 3 is 2.26 bits per heavy atom. The number of nitrogens with one attached hydrogen (secondary N) is 2. The van der Waals surface area contributed by atoms with Crippen molar-refractivity contribution in [1.29, 1.82) is 0 Å². The van der Waals surface area contributed by atoms with Crippen LogP contribution >= 0.6 is 22.7 Å². The minimum atomic E-state index is 0.208. The predicted molar refractivity (Wildman–Crippen MR) is 152 cm³/mol. The van der Waals surface area contributed by atoms with Crippen LogP contribution in [0.25, 0.3) is 31.7 Å². The third kappa shape index (κ3) is 4.93. The highest BCUT2D eigenvalue weighted by Gasteiger charge is 2.16. The minimum absolute atomic E-state index is 0.208. The summed E-state index contributed by atoms with van der Waals surface area (Å²) in [7, 11) is 0. The molecule has 0 saturated carbocycles. The zero-order valence-corrected chi connectivity index (χ0v) is 21.8. The molecule has 4 N–H and O–H groups in total. The summed E-state index contributed by atoms with van der Waals surface area (Å²) in [6.45, 7) is 1.35. The zero-order chi connectivity index (χ0) is 25.9. The van der Waals surface area contributed by atoms with Gasteiger partial charge in [0.2, 0.25) is 0 Å². The number of anilines is 2. The number of phenols is 2. The summed E-state index contributed by atoms with van der Waals surface area (Å²) in [5.74, 6) is 2.03. The first kappa shape index (κ1) is 24.0. The van der Waals surface area contributed by atoms with Crippen LogP contribution in [0.2, 0.25) is 0 Å². The third-order valence-corrected chi connectivity index (χ3v) is 8.00. The summed E-state index contributed by atoms with van der Waals surface area (Å²) < 4.78 is 1.90. The van der Waals surface area contributed by atoms with Crippen LogP contribution in [0.1, 0.15) is 11.1 Å². The molecule has 0 unspecified atom stereocenters. The van der Waals surface area contributed by atoms with Crippen LogP contribution in [0.15, 0.2) is 66.0 Å². The summed E-state index contributed by atoms with van der Waals surface area (Å²) in [4.78, 5) is 21.9. The van der Waals surface area contributed by atoms with Crippen LogP contribution < -0.4 is 10.6 Å². The lowest BCUT2D eigenvalue weighted by Gasteiger charge is -2.11. The lowest BCUT2D eigenvalue weighted by molar-refractivity contribution is 0.474. The van der Waals surface area contributed by atoms with Gasteiger partial charge in [-0.1, -0.05) is 18.2 Å². The summed E-state index contributed by atoms with van der Waals surface area (Å²) in [5.41, 5.74) is 7.43. The van der Waals surface area contributed by atoms with Gasteiger partial charge < -0.3 is 20.8 Å². The molecule has 38 heavy (non-hydrogen) atoms. The van der Waals surface area contributed by atoms with E-state index in [1.807, 2.05) is 18.2 Å². The average molecular weight is 542 g/mol. The topological polar surface area (TPSA) is 129 Å². The fourth-order valence-corrected chi connectivity index (χ4v) is 6.01. The van der Waals surface area contributed by atoms with Gasteiger partial charge >= 0.3 is 0 Å². The third-order valence-electron chi connectivity index (χ3n) is 6.20. The molecule has 0 spiro atoms. The number of aromatic hydroxyl groups is 2. The molecule has 0 amide bonds. The van der Waals surface area contributed by atoms with Gasteiger partial charge in [0, 0.05) is 24.0 Å². The number of benzene rings is 2. The normalized spacial score (nSPS) is 11.3. The van der Waals surface area contributed by atoms with Crippen molar-refractivity contribution in [3.8, 4) is 22.6 Å². The Balaban J connectivity index is 1.21. The molecule has 6 rings (SSSR count). The molecule has 0 atom stereocenters. The SMILES string of the molecule is Oc1ccc(CCNc2ncnc3c(-c4cc(O)ccc4CCNc4ncnc5ncsc45)csc23)cc1. The van der Waals surface area contributed by atoms with Gasteiger partial charge in [-0.25, -0.2) is 24.9 Å². The number of nitrogens with zero attached hydrogens (tertiary/aromatic N) is 5. The first-order valence-electron chi connectivity index (χ1n) is 12.0. The fraction of sp³-hybridized carbons (Fsp3) is 0.148. The maximum Gasteiger partial charge on any atom is 0.175 e. The van der Waals surface area contributed by atoms with Gasteiger partial charge in [0.1, 0.15) is 40.5 Å². The van der Waals surface area contributed by atoms with Crippen molar-refractivity contribution in [2.24, 2.45) is 0 Å². The van der Waals surface area contributed by atoms with Crippen molar-refractivity contribution in [3.05, 3.63) is 77.1 Å². The lowest BCUT2D eigenvalue weighted by atomic mass is 9.98. The van der Waals surface area contributed by atoms with Gasteiger partial charge in [0.25, 0.3) is 0 Å². The second kappa shape index (κ2) is 10.6. The Morgan fingerprint density at radius 1 is 0.684 bits per heavy atom. The van der Waals surface area contributed by atoms with E-state index < -0.39 is 0 Å².